The van der Waals surface area contributed by atoms with E-state index < -0.39 is 0 Å². The standard InChI is InChI=1S/C10H14N6OS2/c1-6(2)16-7(3-4-12-16)13-8(17)5-18-10-15-14-9(11)19-10/h3-4,6H,5H2,1-2H3,(H2,11,14)(H,13,17). The molecule has 19 heavy (non-hydrogen) atoms. The van der Waals surface area contributed by atoms with Crippen molar-refractivity contribution in [1.82, 2.24) is 20.0 Å². The average molecular weight is 298 g/mol. The number of nitrogens with zero attached hydrogens (tertiary/aromatic N) is 4. The van der Waals surface area contributed by atoms with Crippen molar-refractivity contribution in [2.45, 2.75) is 24.2 Å². The van der Waals surface area contributed by atoms with Crippen LogP contribution in [0.1, 0.15) is 19.9 Å². The summed E-state index contributed by atoms with van der Waals surface area (Å²) in [5.41, 5.74) is 5.47. The van der Waals surface area contributed by atoms with Gasteiger partial charge in [-0.2, -0.15) is 5.10 Å². The lowest BCUT2D eigenvalue weighted by Crippen LogP contribution is -2.18. The normalized spacial score (nSPS) is 10.9. The monoisotopic (exact) mass is 298 g/mol. The molecule has 1 amide bonds. The van der Waals surface area contributed by atoms with E-state index in [1.54, 1.807) is 16.9 Å². The van der Waals surface area contributed by atoms with Gasteiger partial charge in [0, 0.05) is 12.1 Å². The van der Waals surface area contributed by atoms with Crippen LogP contribution in [-0.2, 0) is 4.79 Å². The number of carbonyl (C=O) groups excluding carboxylic acids is 1. The fourth-order valence-corrected chi connectivity index (χ4v) is 2.85. The van der Waals surface area contributed by atoms with Crippen molar-refractivity contribution in [1.29, 1.82) is 0 Å². The second-order valence-corrected chi connectivity index (χ2v) is 6.23. The van der Waals surface area contributed by atoms with Crippen molar-refractivity contribution >= 4 is 40.0 Å². The van der Waals surface area contributed by atoms with Crippen molar-refractivity contribution in [2.75, 3.05) is 16.8 Å². The van der Waals surface area contributed by atoms with Crippen LogP contribution in [-0.4, -0.2) is 31.6 Å². The Kier molecular flexibility index (Phi) is 4.38. The molecule has 0 spiro atoms. The molecule has 3 N–H and O–H groups in total. The average Bonchev–Trinajstić information content (AvgIpc) is 2.95. The van der Waals surface area contributed by atoms with Crippen LogP contribution < -0.4 is 11.1 Å². The molecule has 102 valence electrons. The first-order chi connectivity index (χ1) is 9.06. The van der Waals surface area contributed by atoms with Crippen molar-refractivity contribution in [3.05, 3.63) is 12.3 Å². The number of nitrogens with two attached hydrogens (primary N) is 1. The summed E-state index contributed by atoms with van der Waals surface area (Å²) in [6.45, 7) is 4.00. The van der Waals surface area contributed by atoms with Crippen LogP contribution in [0.5, 0.6) is 0 Å². The van der Waals surface area contributed by atoms with Gasteiger partial charge in [0.25, 0.3) is 0 Å². The van der Waals surface area contributed by atoms with Crippen LogP contribution in [0, 0.1) is 0 Å². The van der Waals surface area contributed by atoms with E-state index in [9.17, 15) is 4.79 Å². The van der Waals surface area contributed by atoms with Gasteiger partial charge >= 0.3 is 0 Å². The minimum Gasteiger partial charge on any atom is -0.374 e. The fraction of sp³-hybridized carbons (Fsp3) is 0.400. The molecule has 0 aliphatic carbocycles. The van der Waals surface area contributed by atoms with Gasteiger partial charge in [-0.25, -0.2) is 4.68 Å². The predicted octanol–water partition coefficient (Wildman–Crippen LogP) is 1.63. The maximum absolute atomic E-state index is 11.8. The number of hydrogen-bond donors (Lipinski definition) is 2. The number of hydrogen-bond acceptors (Lipinski definition) is 7. The Balaban J connectivity index is 1.89. The molecule has 0 aliphatic heterocycles. The third-order valence-corrected chi connectivity index (χ3v) is 4.06. The summed E-state index contributed by atoms with van der Waals surface area (Å²) in [6, 6.07) is 1.96. The van der Waals surface area contributed by atoms with E-state index >= 15 is 0 Å². The zero-order valence-electron chi connectivity index (χ0n) is 10.5. The Bertz CT molecular complexity index is 564. The molecule has 0 unspecified atom stereocenters. The molecule has 0 radical (unpaired) electrons. The number of thioether (sulfide) groups is 1. The number of nitrogen functional groups attached to an aromatic ring is 1. The summed E-state index contributed by atoms with van der Waals surface area (Å²) < 4.78 is 2.44. The van der Waals surface area contributed by atoms with Gasteiger partial charge < -0.3 is 11.1 Å². The topological polar surface area (TPSA) is 98.7 Å². The molecule has 0 saturated carbocycles. The van der Waals surface area contributed by atoms with Gasteiger partial charge in [-0.15, -0.1) is 10.2 Å². The zero-order valence-corrected chi connectivity index (χ0v) is 12.2. The van der Waals surface area contributed by atoms with Crippen molar-refractivity contribution in [3.63, 3.8) is 0 Å². The summed E-state index contributed by atoms with van der Waals surface area (Å²) in [6.07, 6.45) is 1.66. The second kappa shape index (κ2) is 6.02. The van der Waals surface area contributed by atoms with Gasteiger partial charge in [0.2, 0.25) is 11.0 Å². The molecule has 2 rings (SSSR count). The van der Waals surface area contributed by atoms with E-state index in [0.717, 1.165) is 0 Å². The van der Waals surface area contributed by atoms with Gasteiger partial charge in [0.15, 0.2) is 4.34 Å². The number of anilines is 2. The Labute approximate surface area is 118 Å². The maximum atomic E-state index is 11.8. The van der Waals surface area contributed by atoms with Crippen LogP contribution in [0.25, 0.3) is 0 Å². The first-order valence-corrected chi connectivity index (χ1v) is 7.41. The zero-order chi connectivity index (χ0) is 13.8. The van der Waals surface area contributed by atoms with Gasteiger partial charge in [0.1, 0.15) is 5.82 Å². The van der Waals surface area contributed by atoms with E-state index in [1.165, 1.54) is 23.1 Å². The van der Waals surface area contributed by atoms with Crippen LogP contribution >= 0.6 is 23.1 Å². The number of aromatic nitrogens is 4. The Morgan fingerprint density at radius 3 is 3.00 bits per heavy atom. The smallest absolute Gasteiger partial charge is 0.235 e. The van der Waals surface area contributed by atoms with Gasteiger partial charge in [-0.3, -0.25) is 4.79 Å². The first-order valence-electron chi connectivity index (χ1n) is 5.61. The number of rotatable bonds is 5. The molecule has 7 nitrogen and oxygen atoms in total. The van der Waals surface area contributed by atoms with Crippen LogP contribution in [0.2, 0.25) is 0 Å². The van der Waals surface area contributed by atoms with E-state index in [1.807, 2.05) is 13.8 Å². The molecule has 2 heterocycles. The predicted molar refractivity (Wildman–Crippen MR) is 76.3 cm³/mol. The van der Waals surface area contributed by atoms with Gasteiger partial charge in [-0.05, 0) is 13.8 Å². The molecule has 0 aliphatic rings. The Hall–Kier alpha value is -1.61. The molecule has 2 aromatic heterocycles. The van der Waals surface area contributed by atoms with Gasteiger partial charge in [-0.1, -0.05) is 23.1 Å². The largest absolute Gasteiger partial charge is 0.374 e. The van der Waals surface area contributed by atoms with Crippen molar-refractivity contribution in [2.24, 2.45) is 0 Å². The molecular weight excluding hydrogens is 284 g/mol. The lowest BCUT2D eigenvalue weighted by molar-refractivity contribution is -0.113. The lowest BCUT2D eigenvalue weighted by Gasteiger charge is -2.11. The molecule has 0 aromatic carbocycles. The van der Waals surface area contributed by atoms with Gasteiger partial charge in [0.05, 0.1) is 11.9 Å². The number of carbonyl (C=O) groups is 1. The molecule has 2 aromatic rings. The molecule has 0 fully saturated rings. The minimum absolute atomic E-state index is 0.110. The number of amides is 1. The minimum atomic E-state index is -0.110. The fourth-order valence-electron chi connectivity index (χ4n) is 1.41. The van der Waals surface area contributed by atoms with E-state index in [0.29, 0.717) is 15.3 Å². The Morgan fingerprint density at radius 2 is 2.37 bits per heavy atom. The summed E-state index contributed by atoms with van der Waals surface area (Å²) in [5.74, 6) is 0.844. The van der Waals surface area contributed by atoms with Crippen molar-refractivity contribution in [3.8, 4) is 0 Å². The maximum Gasteiger partial charge on any atom is 0.235 e. The first kappa shape index (κ1) is 13.8. The van der Waals surface area contributed by atoms with E-state index in [4.69, 9.17) is 5.73 Å². The third kappa shape index (κ3) is 3.67. The van der Waals surface area contributed by atoms with E-state index in [2.05, 4.69) is 20.6 Å². The quantitative estimate of drug-likeness (QED) is 0.814. The molecule has 0 bridgehead atoms. The highest BCUT2D eigenvalue weighted by molar-refractivity contribution is 8.01. The molecular formula is C10H14N6OS2. The number of nitrogens with one attached hydrogen (secondary N) is 1. The van der Waals surface area contributed by atoms with Crippen LogP contribution in [0.4, 0.5) is 10.9 Å². The van der Waals surface area contributed by atoms with Crippen molar-refractivity contribution < 1.29 is 4.79 Å². The van der Waals surface area contributed by atoms with E-state index in [-0.39, 0.29) is 17.7 Å². The highest BCUT2D eigenvalue weighted by atomic mass is 32.2. The third-order valence-electron chi connectivity index (χ3n) is 2.18. The summed E-state index contributed by atoms with van der Waals surface area (Å²) in [7, 11) is 0. The lowest BCUT2D eigenvalue weighted by atomic mass is 10.4. The highest BCUT2D eigenvalue weighted by Gasteiger charge is 2.11. The summed E-state index contributed by atoms with van der Waals surface area (Å²) in [5, 5.41) is 14.9. The molecule has 9 heteroatoms. The molecule has 0 saturated heterocycles. The van der Waals surface area contributed by atoms with Crippen LogP contribution in [0.15, 0.2) is 16.6 Å². The Morgan fingerprint density at radius 1 is 1.58 bits per heavy atom. The highest BCUT2D eigenvalue weighted by Crippen LogP contribution is 2.23. The summed E-state index contributed by atoms with van der Waals surface area (Å²) in [4.78, 5) is 11.8. The van der Waals surface area contributed by atoms with Crippen LogP contribution in [0.3, 0.4) is 0 Å². The summed E-state index contributed by atoms with van der Waals surface area (Å²) >= 11 is 2.58. The SMILES string of the molecule is CC(C)n1nccc1NC(=O)CSc1nnc(N)s1. The molecule has 0 atom stereocenters. The second-order valence-electron chi connectivity index (χ2n) is 4.00.